The lowest BCUT2D eigenvalue weighted by Crippen LogP contribution is -2.55. The molecular weight excluding hydrogens is 380 g/mol. The molecular formula is C17H22Br2O. The summed E-state index contributed by atoms with van der Waals surface area (Å²) in [6.45, 7) is 0.749. The van der Waals surface area contributed by atoms with Crippen molar-refractivity contribution in [2.45, 2.75) is 62.5 Å². The monoisotopic (exact) mass is 400 g/mol. The summed E-state index contributed by atoms with van der Waals surface area (Å²) in [5, 5.41) is 0. The van der Waals surface area contributed by atoms with Crippen molar-refractivity contribution in [3.63, 3.8) is 0 Å². The maximum absolute atomic E-state index is 6.28. The fourth-order valence-electron chi connectivity index (χ4n) is 3.73. The van der Waals surface area contributed by atoms with Gasteiger partial charge in [0.1, 0.15) is 0 Å². The van der Waals surface area contributed by atoms with E-state index >= 15 is 0 Å². The van der Waals surface area contributed by atoms with Gasteiger partial charge in [-0.2, -0.15) is 0 Å². The molecule has 2 aliphatic rings. The maximum Gasteiger partial charge on any atom is 0.0720 e. The number of rotatable bonds is 3. The van der Waals surface area contributed by atoms with Crippen LogP contribution in [0.2, 0.25) is 0 Å². The van der Waals surface area contributed by atoms with Gasteiger partial charge in [-0.1, -0.05) is 69.7 Å². The predicted molar refractivity (Wildman–Crippen MR) is 90.2 cm³/mol. The first-order valence-corrected chi connectivity index (χ1v) is 9.42. The Balaban J connectivity index is 1.61. The second kappa shape index (κ2) is 6.50. The minimum atomic E-state index is 0.422. The summed E-state index contributed by atoms with van der Waals surface area (Å²) in [6, 6.07) is 8.48. The van der Waals surface area contributed by atoms with Crippen LogP contribution in [0.1, 0.15) is 50.5 Å². The number of halogens is 2. The maximum atomic E-state index is 6.28. The third-order valence-corrected chi connectivity index (χ3v) is 6.90. The highest BCUT2D eigenvalue weighted by molar-refractivity contribution is 9.10. The summed E-state index contributed by atoms with van der Waals surface area (Å²) >= 11 is 7.38. The zero-order valence-corrected chi connectivity index (χ0v) is 15.0. The standard InChI is InChI=1S/C17H22Br2O/c18-14-7-5-13(6-8-14)12-20-16-11-15(19)17(16)9-3-1-2-4-10-17/h5-8,15-16H,1-4,9-12H2. The van der Waals surface area contributed by atoms with Crippen LogP contribution in [0.25, 0.3) is 0 Å². The Hall–Kier alpha value is 0.140. The van der Waals surface area contributed by atoms with E-state index in [0.29, 0.717) is 16.3 Å². The van der Waals surface area contributed by atoms with E-state index in [2.05, 4.69) is 56.1 Å². The Labute approximate surface area is 138 Å². The highest BCUT2D eigenvalue weighted by Gasteiger charge is 2.53. The smallest absolute Gasteiger partial charge is 0.0720 e. The molecule has 2 unspecified atom stereocenters. The average molecular weight is 402 g/mol. The molecule has 3 rings (SSSR count). The van der Waals surface area contributed by atoms with Gasteiger partial charge in [0.25, 0.3) is 0 Å². The van der Waals surface area contributed by atoms with Gasteiger partial charge in [-0.05, 0) is 37.0 Å². The molecule has 0 aliphatic heterocycles. The second-order valence-corrected chi connectivity index (χ2v) is 8.30. The minimum Gasteiger partial charge on any atom is -0.373 e. The minimum absolute atomic E-state index is 0.422. The quantitative estimate of drug-likeness (QED) is 0.577. The molecule has 0 heterocycles. The van der Waals surface area contributed by atoms with Crippen LogP contribution >= 0.6 is 31.9 Å². The largest absolute Gasteiger partial charge is 0.373 e. The number of hydrogen-bond acceptors (Lipinski definition) is 1. The molecule has 0 amide bonds. The second-order valence-electron chi connectivity index (χ2n) is 6.28. The molecule has 0 saturated heterocycles. The van der Waals surface area contributed by atoms with Crippen molar-refractivity contribution in [3.05, 3.63) is 34.3 Å². The first kappa shape index (κ1) is 15.1. The van der Waals surface area contributed by atoms with Gasteiger partial charge < -0.3 is 4.74 Å². The zero-order chi connectivity index (χ0) is 14.0. The Kier molecular flexibility index (Phi) is 4.89. The fourth-order valence-corrected chi connectivity index (χ4v) is 5.09. The van der Waals surface area contributed by atoms with E-state index in [1.807, 2.05) is 0 Å². The average Bonchev–Trinajstić information content (AvgIpc) is 2.73. The Morgan fingerprint density at radius 1 is 1.05 bits per heavy atom. The molecule has 110 valence electrons. The van der Waals surface area contributed by atoms with Crippen molar-refractivity contribution in [2.75, 3.05) is 0 Å². The molecule has 1 aromatic carbocycles. The van der Waals surface area contributed by atoms with Crippen molar-refractivity contribution >= 4 is 31.9 Å². The number of ether oxygens (including phenoxy) is 1. The van der Waals surface area contributed by atoms with Gasteiger partial charge in [0.15, 0.2) is 0 Å². The topological polar surface area (TPSA) is 9.23 Å². The molecule has 2 aliphatic carbocycles. The number of benzene rings is 1. The summed E-state index contributed by atoms with van der Waals surface area (Å²) < 4.78 is 7.41. The molecule has 0 aromatic heterocycles. The Morgan fingerprint density at radius 2 is 1.70 bits per heavy atom. The normalized spacial score (nSPS) is 28.9. The van der Waals surface area contributed by atoms with Crippen molar-refractivity contribution in [1.82, 2.24) is 0 Å². The highest BCUT2D eigenvalue weighted by atomic mass is 79.9. The summed E-state index contributed by atoms with van der Waals surface area (Å²) in [5.41, 5.74) is 1.70. The third kappa shape index (κ3) is 3.00. The van der Waals surface area contributed by atoms with Crippen LogP contribution in [0, 0.1) is 5.41 Å². The molecule has 1 nitrogen and oxygen atoms in total. The molecule has 1 aromatic rings. The van der Waals surface area contributed by atoms with Crippen LogP contribution in [0.15, 0.2) is 28.7 Å². The fraction of sp³-hybridized carbons (Fsp3) is 0.647. The van der Waals surface area contributed by atoms with E-state index in [1.54, 1.807) is 0 Å². The van der Waals surface area contributed by atoms with Crippen LogP contribution < -0.4 is 0 Å². The lowest BCUT2D eigenvalue weighted by Gasteiger charge is -2.53. The molecule has 0 bridgehead atoms. The van der Waals surface area contributed by atoms with Crippen molar-refractivity contribution in [1.29, 1.82) is 0 Å². The molecule has 20 heavy (non-hydrogen) atoms. The number of alkyl halides is 1. The van der Waals surface area contributed by atoms with E-state index < -0.39 is 0 Å². The third-order valence-electron chi connectivity index (χ3n) is 5.08. The zero-order valence-electron chi connectivity index (χ0n) is 11.8. The van der Waals surface area contributed by atoms with Crippen LogP contribution in [0.3, 0.4) is 0 Å². The highest BCUT2D eigenvalue weighted by Crippen LogP contribution is 2.55. The van der Waals surface area contributed by atoms with E-state index in [4.69, 9.17) is 4.74 Å². The van der Waals surface area contributed by atoms with Crippen LogP contribution in [0.5, 0.6) is 0 Å². The van der Waals surface area contributed by atoms with Gasteiger partial charge in [0.2, 0.25) is 0 Å². The number of hydrogen-bond donors (Lipinski definition) is 0. The Bertz CT molecular complexity index is 435. The van der Waals surface area contributed by atoms with E-state index in [-0.39, 0.29) is 0 Å². The predicted octanol–water partition coefficient (Wildman–Crippen LogP) is 5.84. The van der Waals surface area contributed by atoms with Crippen LogP contribution in [-0.2, 0) is 11.3 Å². The molecule has 0 radical (unpaired) electrons. The van der Waals surface area contributed by atoms with Gasteiger partial charge in [-0.3, -0.25) is 0 Å². The summed E-state index contributed by atoms with van der Waals surface area (Å²) in [7, 11) is 0. The van der Waals surface area contributed by atoms with E-state index in [9.17, 15) is 0 Å². The van der Waals surface area contributed by atoms with Gasteiger partial charge >= 0.3 is 0 Å². The Morgan fingerprint density at radius 3 is 2.30 bits per heavy atom. The van der Waals surface area contributed by atoms with Crippen molar-refractivity contribution < 1.29 is 4.74 Å². The lowest BCUT2D eigenvalue weighted by atomic mass is 9.61. The van der Waals surface area contributed by atoms with Gasteiger partial charge in [0.05, 0.1) is 12.7 Å². The van der Waals surface area contributed by atoms with Gasteiger partial charge in [-0.15, -0.1) is 0 Å². The lowest BCUT2D eigenvalue weighted by molar-refractivity contribution is -0.118. The summed E-state index contributed by atoms with van der Waals surface area (Å²) in [4.78, 5) is 0.669. The van der Waals surface area contributed by atoms with Crippen LogP contribution in [-0.4, -0.2) is 10.9 Å². The summed E-state index contributed by atoms with van der Waals surface area (Å²) in [5.74, 6) is 0. The SMILES string of the molecule is Brc1ccc(COC2CC(Br)C23CCCCCC3)cc1. The van der Waals surface area contributed by atoms with Crippen molar-refractivity contribution in [2.24, 2.45) is 5.41 Å². The van der Waals surface area contributed by atoms with E-state index in [1.165, 1.54) is 50.5 Å². The molecule has 3 heteroatoms. The van der Waals surface area contributed by atoms with Gasteiger partial charge in [0, 0.05) is 14.7 Å². The first-order chi connectivity index (χ1) is 9.71. The van der Waals surface area contributed by atoms with Crippen LogP contribution in [0.4, 0.5) is 0 Å². The molecule has 2 fully saturated rings. The van der Waals surface area contributed by atoms with Crippen molar-refractivity contribution in [3.8, 4) is 0 Å². The van der Waals surface area contributed by atoms with E-state index in [0.717, 1.165) is 11.1 Å². The molecule has 0 N–H and O–H groups in total. The van der Waals surface area contributed by atoms with Gasteiger partial charge in [-0.25, -0.2) is 0 Å². The summed E-state index contributed by atoms with van der Waals surface area (Å²) in [6.07, 6.45) is 9.87. The molecule has 2 saturated carbocycles. The first-order valence-electron chi connectivity index (χ1n) is 7.71. The molecule has 1 spiro atoms. The molecule has 2 atom stereocenters.